The van der Waals surface area contributed by atoms with E-state index in [4.69, 9.17) is 6.42 Å². The summed E-state index contributed by atoms with van der Waals surface area (Å²) < 4.78 is 0. The minimum Gasteiger partial charge on any atom is -0.303 e. The van der Waals surface area contributed by atoms with Crippen molar-refractivity contribution >= 4 is 6.29 Å². The van der Waals surface area contributed by atoms with Gasteiger partial charge in [-0.3, -0.25) is 0 Å². The number of hydrogen-bond acceptors (Lipinski definition) is 1. The zero-order valence-corrected chi connectivity index (χ0v) is 7.23. The molecule has 1 saturated carbocycles. The van der Waals surface area contributed by atoms with E-state index in [0.717, 1.165) is 18.3 Å². The number of terminal acetylenes is 1. The molecule has 1 heteroatoms. The van der Waals surface area contributed by atoms with Crippen LogP contribution in [0.2, 0.25) is 0 Å². The summed E-state index contributed by atoms with van der Waals surface area (Å²) in [5.74, 6) is 2.77. The third-order valence-electron chi connectivity index (χ3n) is 2.73. The number of hydrogen-bond donors (Lipinski definition) is 0. The van der Waals surface area contributed by atoms with Crippen molar-refractivity contribution in [1.82, 2.24) is 0 Å². The quantitative estimate of drug-likeness (QED) is 0.488. The Morgan fingerprint density at radius 1 is 1.46 bits per heavy atom. The maximum Gasteiger partial charge on any atom is 0.125 e. The third kappa shape index (κ3) is 1.07. The molecule has 0 N–H and O–H groups in total. The van der Waals surface area contributed by atoms with Crippen LogP contribution >= 0.6 is 0 Å². The Balaban J connectivity index is 2.37. The molecule has 13 heavy (non-hydrogen) atoms. The fourth-order valence-electron chi connectivity index (χ4n) is 1.77. The largest absolute Gasteiger partial charge is 0.303 e. The summed E-state index contributed by atoms with van der Waals surface area (Å²) in [6.45, 7) is 0. The van der Waals surface area contributed by atoms with Crippen molar-refractivity contribution in [2.75, 3.05) is 0 Å². The highest BCUT2D eigenvalue weighted by Crippen LogP contribution is 2.52. The first-order valence-electron chi connectivity index (χ1n) is 4.32. The lowest BCUT2D eigenvalue weighted by Gasteiger charge is -2.07. The summed E-state index contributed by atoms with van der Waals surface area (Å²) in [7, 11) is 0. The summed E-state index contributed by atoms with van der Waals surface area (Å²) in [5.41, 5.74) is 0.804. The fraction of sp³-hybridized carbons (Fsp3) is 0.250. The standard InChI is InChI=1S/C12H10O/c1-2-12(8-11(12)9-13)10-6-4-3-5-7-10/h1,3-7,9,11H,8H2/t11-,12-/m1/s1. The minimum absolute atomic E-state index is 0.0277. The topological polar surface area (TPSA) is 17.1 Å². The SMILES string of the molecule is C#C[C@]1(c2ccccc2)C[C@@H]1C=O. The second-order valence-electron chi connectivity index (χ2n) is 3.43. The molecule has 0 aromatic heterocycles. The van der Waals surface area contributed by atoms with E-state index in [2.05, 4.69) is 5.92 Å². The molecule has 1 aliphatic rings. The summed E-state index contributed by atoms with van der Waals surface area (Å²) in [5, 5.41) is 0. The summed E-state index contributed by atoms with van der Waals surface area (Å²) in [6.07, 6.45) is 7.23. The molecule has 2 rings (SSSR count). The Bertz CT molecular complexity index is 360. The van der Waals surface area contributed by atoms with Crippen molar-refractivity contribution in [3.05, 3.63) is 35.9 Å². The molecule has 0 amide bonds. The number of carbonyl (C=O) groups is 1. The molecule has 0 aliphatic heterocycles. The van der Waals surface area contributed by atoms with Crippen molar-refractivity contribution in [3.8, 4) is 12.3 Å². The highest BCUT2D eigenvalue weighted by molar-refractivity contribution is 5.67. The smallest absolute Gasteiger partial charge is 0.125 e. The number of carbonyl (C=O) groups excluding carboxylic acids is 1. The van der Waals surface area contributed by atoms with Gasteiger partial charge in [0.2, 0.25) is 0 Å². The van der Waals surface area contributed by atoms with E-state index >= 15 is 0 Å². The van der Waals surface area contributed by atoms with Crippen molar-refractivity contribution in [3.63, 3.8) is 0 Å². The molecule has 0 radical (unpaired) electrons. The first-order valence-corrected chi connectivity index (χ1v) is 4.32. The molecule has 0 heterocycles. The van der Waals surface area contributed by atoms with Gasteiger partial charge in [-0.25, -0.2) is 0 Å². The van der Waals surface area contributed by atoms with Crippen molar-refractivity contribution in [2.45, 2.75) is 11.8 Å². The second-order valence-corrected chi connectivity index (χ2v) is 3.43. The lowest BCUT2D eigenvalue weighted by atomic mass is 9.95. The lowest BCUT2D eigenvalue weighted by molar-refractivity contribution is -0.109. The molecule has 0 bridgehead atoms. The summed E-state index contributed by atoms with van der Waals surface area (Å²) in [4.78, 5) is 10.6. The average molecular weight is 170 g/mol. The van der Waals surface area contributed by atoms with Gasteiger partial charge in [-0.15, -0.1) is 6.42 Å². The molecule has 0 spiro atoms. The van der Waals surface area contributed by atoms with Crippen LogP contribution in [-0.2, 0) is 10.2 Å². The average Bonchev–Trinajstić information content (AvgIpc) is 2.94. The van der Waals surface area contributed by atoms with Gasteiger partial charge in [-0.1, -0.05) is 36.3 Å². The molecule has 2 atom stereocenters. The molecular weight excluding hydrogens is 160 g/mol. The Morgan fingerprint density at radius 2 is 2.15 bits per heavy atom. The predicted octanol–water partition coefficient (Wildman–Crippen LogP) is 1.78. The number of aldehydes is 1. The third-order valence-corrected chi connectivity index (χ3v) is 2.73. The molecule has 1 aromatic rings. The molecule has 0 saturated heterocycles. The van der Waals surface area contributed by atoms with Crippen LogP contribution in [0.25, 0.3) is 0 Å². The number of benzene rings is 1. The van der Waals surface area contributed by atoms with E-state index in [9.17, 15) is 4.79 Å². The lowest BCUT2D eigenvalue weighted by Crippen LogP contribution is -2.07. The highest BCUT2D eigenvalue weighted by atomic mass is 16.1. The monoisotopic (exact) mass is 170 g/mol. The van der Waals surface area contributed by atoms with Gasteiger partial charge < -0.3 is 4.79 Å². The predicted molar refractivity (Wildman–Crippen MR) is 51.1 cm³/mol. The van der Waals surface area contributed by atoms with Gasteiger partial charge in [0.1, 0.15) is 6.29 Å². The molecule has 64 valence electrons. The van der Waals surface area contributed by atoms with Gasteiger partial charge in [-0.05, 0) is 12.0 Å². The summed E-state index contributed by atoms with van der Waals surface area (Å²) >= 11 is 0. The van der Waals surface area contributed by atoms with Crippen LogP contribution in [0, 0.1) is 18.3 Å². The number of rotatable bonds is 2. The first-order chi connectivity index (χ1) is 6.33. The van der Waals surface area contributed by atoms with Gasteiger partial charge in [0.05, 0.1) is 5.41 Å². The maximum atomic E-state index is 10.6. The molecule has 0 unspecified atom stereocenters. The zero-order valence-electron chi connectivity index (χ0n) is 7.23. The zero-order chi connectivity index (χ0) is 9.31. The van der Waals surface area contributed by atoms with E-state index in [1.165, 1.54) is 0 Å². The van der Waals surface area contributed by atoms with Gasteiger partial charge in [0, 0.05) is 5.92 Å². The second kappa shape index (κ2) is 2.74. The van der Waals surface area contributed by atoms with Crippen molar-refractivity contribution < 1.29 is 4.79 Å². The Labute approximate surface area is 77.8 Å². The fourth-order valence-corrected chi connectivity index (χ4v) is 1.77. The summed E-state index contributed by atoms with van der Waals surface area (Å²) in [6, 6.07) is 9.84. The van der Waals surface area contributed by atoms with E-state index in [1.54, 1.807) is 0 Å². The van der Waals surface area contributed by atoms with Gasteiger partial charge in [-0.2, -0.15) is 0 Å². The Morgan fingerprint density at radius 3 is 2.62 bits per heavy atom. The normalized spacial score (nSPS) is 30.5. The molecule has 1 nitrogen and oxygen atoms in total. The maximum absolute atomic E-state index is 10.6. The van der Waals surface area contributed by atoms with Gasteiger partial charge in [0.15, 0.2) is 0 Å². The van der Waals surface area contributed by atoms with E-state index < -0.39 is 0 Å². The van der Waals surface area contributed by atoms with Crippen LogP contribution in [0.4, 0.5) is 0 Å². The molecule has 1 fully saturated rings. The van der Waals surface area contributed by atoms with Gasteiger partial charge >= 0.3 is 0 Å². The van der Waals surface area contributed by atoms with Crippen LogP contribution < -0.4 is 0 Å². The van der Waals surface area contributed by atoms with Crippen LogP contribution in [0.15, 0.2) is 30.3 Å². The van der Waals surface area contributed by atoms with Crippen LogP contribution in [0.1, 0.15) is 12.0 Å². The highest BCUT2D eigenvalue weighted by Gasteiger charge is 2.54. The Kier molecular flexibility index (Phi) is 1.70. The van der Waals surface area contributed by atoms with Crippen LogP contribution in [-0.4, -0.2) is 6.29 Å². The Hall–Kier alpha value is -1.55. The van der Waals surface area contributed by atoms with Crippen molar-refractivity contribution in [2.24, 2.45) is 5.92 Å². The van der Waals surface area contributed by atoms with Gasteiger partial charge in [0.25, 0.3) is 0 Å². The first kappa shape index (κ1) is 8.07. The van der Waals surface area contributed by atoms with Crippen LogP contribution in [0.5, 0.6) is 0 Å². The van der Waals surface area contributed by atoms with E-state index in [1.807, 2.05) is 30.3 Å². The van der Waals surface area contributed by atoms with E-state index in [-0.39, 0.29) is 11.3 Å². The van der Waals surface area contributed by atoms with Crippen molar-refractivity contribution in [1.29, 1.82) is 0 Å². The minimum atomic E-state index is -0.289. The van der Waals surface area contributed by atoms with E-state index in [0.29, 0.717) is 0 Å². The molecular formula is C12H10O. The molecule has 1 aromatic carbocycles. The molecule has 1 aliphatic carbocycles. The van der Waals surface area contributed by atoms with Crippen LogP contribution in [0.3, 0.4) is 0 Å².